The molecular weight excluding hydrogens is 467 g/mol. The molecule has 1 unspecified atom stereocenters. The van der Waals surface area contributed by atoms with Gasteiger partial charge in [0.05, 0.1) is 17.7 Å². The molecule has 1 aliphatic rings. The van der Waals surface area contributed by atoms with Crippen molar-refractivity contribution >= 4 is 35.3 Å². The Balaban J connectivity index is 1.64. The highest BCUT2D eigenvalue weighted by Crippen LogP contribution is 2.37. The summed E-state index contributed by atoms with van der Waals surface area (Å²) in [6.45, 7) is 3.82. The van der Waals surface area contributed by atoms with Gasteiger partial charge in [-0.15, -0.1) is 5.10 Å². The molecule has 0 aliphatic carbocycles. The van der Waals surface area contributed by atoms with E-state index < -0.39 is 17.8 Å². The zero-order chi connectivity index (χ0) is 23.5. The number of hydrogen-bond acceptors (Lipinski definition) is 7. The molecule has 1 aromatic heterocycles. The Labute approximate surface area is 199 Å². The highest BCUT2D eigenvalue weighted by molar-refractivity contribution is 7.99. The Kier molecular flexibility index (Phi) is 6.90. The number of methoxy groups -OCH3 is 1. The van der Waals surface area contributed by atoms with E-state index in [1.165, 1.54) is 24.9 Å². The largest absolute Gasteiger partial charge is 0.489 e. The molecule has 0 amide bonds. The minimum absolute atomic E-state index is 0.00452. The van der Waals surface area contributed by atoms with Crippen molar-refractivity contribution in [3.63, 3.8) is 0 Å². The summed E-state index contributed by atoms with van der Waals surface area (Å²) in [7, 11) is 1.35. The molecule has 2 aromatic carbocycles. The van der Waals surface area contributed by atoms with Crippen molar-refractivity contribution < 1.29 is 18.7 Å². The van der Waals surface area contributed by atoms with Gasteiger partial charge in [-0.2, -0.15) is 4.98 Å². The van der Waals surface area contributed by atoms with E-state index in [1.807, 2.05) is 19.1 Å². The summed E-state index contributed by atoms with van der Waals surface area (Å²) in [4.78, 5) is 17.2. The lowest BCUT2D eigenvalue weighted by Gasteiger charge is -2.27. The van der Waals surface area contributed by atoms with Crippen LogP contribution in [0.3, 0.4) is 0 Å². The van der Waals surface area contributed by atoms with E-state index in [-0.39, 0.29) is 6.61 Å². The quantitative estimate of drug-likeness (QED) is 0.360. The van der Waals surface area contributed by atoms with Crippen molar-refractivity contribution in [2.75, 3.05) is 18.2 Å². The molecule has 4 rings (SSSR count). The molecular formula is C23H22ClFN4O3S. The van der Waals surface area contributed by atoms with Crippen molar-refractivity contribution in [3.05, 3.63) is 75.7 Å². The van der Waals surface area contributed by atoms with Crippen molar-refractivity contribution in [1.82, 2.24) is 14.8 Å². The van der Waals surface area contributed by atoms with Crippen LogP contribution in [0, 0.1) is 5.82 Å². The summed E-state index contributed by atoms with van der Waals surface area (Å²) < 4.78 is 26.5. The van der Waals surface area contributed by atoms with E-state index in [0.717, 1.165) is 11.3 Å². The molecule has 1 atom stereocenters. The first-order valence-corrected chi connectivity index (χ1v) is 11.6. The van der Waals surface area contributed by atoms with E-state index in [2.05, 4.69) is 15.4 Å². The smallest absolute Gasteiger partial charge is 0.338 e. The molecule has 1 aliphatic heterocycles. The maximum Gasteiger partial charge on any atom is 0.338 e. The number of allylic oxidation sites excluding steroid dienone is 1. The molecule has 2 heterocycles. The first-order valence-electron chi connectivity index (χ1n) is 10.2. The fourth-order valence-electron chi connectivity index (χ4n) is 3.58. The number of aromatic nitrogens is 3. The number of nitrogens with one attached hydrogen (secondary N) is 1. The molecule has 172 valence electrons. The highest BCUT2D eigenvalue weighted by Gasteiger charge is 2.35. The molecule has 10 heteroatoms. The highest BCUT2D eigenvalue weighted by atomic mass is 35.5. The molecule has 33 heavy (non-hydrogen) atoms. The zero-order valence-corrected chi connectivity index (χ0v) is 19.8. The molecule has 0 spiro atoms. The summed E-state index contributed by atoms with van der Waals surface area (Å²) in [5.41, 5.74) is 2.18. The maximum absolute atomic E-state index is 14.0. The number of thioether (sulfide) groups is 1. The third-order valence-corrected chi connectivity index (χ3v) is 6.23. The van der Waals surface area contributed by atoms with Gasteiger partial charge in [0.25, 0.3) is 0 Å². The van der Waals surface area contributed by atoms with Gasteiger partial charge in [-0.3, -0.25) is 0 Å². The fourth-order valence-corrected chi connectivity index (χ4v) is 4.35. The fraction of sp³-hybridized carbons (Fsp3) is 0.261. The van der Waals surface area contributed by atoms with Crippen LogP contribution in [0.5, 0.6) is 5.75 Å². The average molecular weight is 489 g/mol. The summed E-state index contributed by atoms with van der Waals surface area (Å²) in [6.07, 6.45) is 0. The second kappa shape index (κ2) is 9.84. The molecule has 0 radical (unpaired) electrons. The van der Waals surface area contributed by atoms with Gasteiger partial charge in [0.15, 0.2) is 0 Å². The summed E-state index contributed by atoms with van der Waals surface area (Å²) in [6, 6.07) is 11.2. The molecule has 1 N–H and O–H groups in total. The van der Waals surface area contributed by atoms with Crippen LogP contribution in [0.25, 0.3) is 0 Å². The van der Waals surface area contributed by atoms with Crippen LogP contribution in [0.4, 0.5) is 10.3 Å². The Morgan fingerprint density at radius 2 is 2.03 bits per heavy atom. The van der Waals surface area contributed by atoms with Crippen molar-refractivity contribution in [2.45, 2.75) is 31.7 Å². The molecule has 3 aromatic rings. The molecule has 7 nitrogen and oxygen atoms in total. The van der Waals surface area contributed by atoms with Gasteiger partial charge in [-0.1, -0.05) is 48.5 Å². The van der Waals surface area contributed by atoms with Gasteiger partial charge >= 0.3 is 5.97 Å². The van der Waals surface area contributed by atoms with Crippen LogP contribution in [0.2, 0.25) is 5.02 Å². The number of carbonyl (C=O) groups is 1. The molecule has 0 bridgehead atoms. The number of ether oxygens (including phenoxy) is 2. The Morgan fingerprint density at radius 1 is 1.27 bits per heavy atom. The van der Waals surface area contributed by atoms with Gasteiger partial charge in [-0.05, 0) is 42.5 Å². The second-order valence-electron chi connectivity index (χ2n) is 7.21. The topological polar surface area (TPSA) is 78.3 Å². The lowest BCUT2D eigenvalue weighted by Crippen LogP contribution is -2.29. The number of benzene rings is 2. The van der Waals surface area contributed by atoms with Gasteiger partial charge < -0.3 is 14.8 Å². The second-order valence-corrected chi connectivity index (χ2v) is 8.85. The number of anilines is 1. The Hall–Kier alpha value is -3.04. The number of rotatable bonds is 7. The third-order valence-electron chi connectivity index (χ3n) is 5.15. The van der Waals surface area contributed by atoms with Gasteiger partial charge in [0.1, 0.15) is 24.2 Å². The lowest BCUT2D eigenvalue weighted by atomic mass is 9.96. The van der Waals surface area contributed by atoms with Crippen LogP contribution in [-0.2, 0) is 16.1 Å². The van der Waals surface area contributed by atoms with Crippen LogP contribution < -0.4 is 10.1 Å². The number of fused-ring (bicyclic) bond motifs is 1. The van der Waals surface area contributed by atoms with E-state index in [1.54, 1.807) is 35.9 Å². The Morgan fingerprint density at radius 3 is 2.70 bits per heavy atom. The van der Waals surface area contributed by atoms with Gasteiger partial charge in [-0.25, -0.2) is 13.9 Å². The number of esters is 1. The predicted octanol–water partition coefficient (Wildman–Crippen LogP) is 5.22. The Bertz CT molecular complexity index is 1190. The first-order chi connectivity index (χ1) is 15.9. The van der Waals surface area contributed by atoms with Crippen molar-refractivity contribution in [3.8, 4) is 5.75 Å². The predicted molar refractivity (Wildman–Crippen MR) is 125 cm³/mol. The minimum atomic E-state index is -0.525. The number of carbonyl (C=O) groups excluding carboxylic acids is 1. The zero-order valence-electron chi connectivity index (χ0n) is 18.3. The van der Waals surface area contributed by atoms with Crippen molar-refractivity contribution in [1.29, 1.82) is 0 Å². The van der Waals surface area contributed by atoms with Gasteiger partial charge in [0, 0.05) is 11.3 Å². The third kappa shape index (κ3) is 4.69. The van der Waals surface area contributed by atoms with Crippen LogP contribution in [0.15, 0.2) is 58.9 Å². The normalized spacial score (nSPS) is 15.1. The number of halogens is 2. The maximum atomic E-state index is 14.0. The molecule has 0 saturated carbocycles. The lowest BCUT2D eigenvalue weighted by molar-refractivity contribution is -0.136. The van der Waals surface area contributed by atoms with E-state index >= 15 is 0 Å². The van der Waals surface area contributed by atoms with E-state index in [9.17, 15) is 9.18 Å². The summed E-state index contributed by atoms with van der Waals surface area (Å²) in [5.74, 6) is 1.04. The van der Waals surface area contributed by atoms with Crippen LogP contribution >= 0.6 is 23.4 Å². The van der Waals surface area contributed by atoms with E-state index in [4.69, 9.17) is 21.1 Å². The molecule has 0 fully saturated rings. The van der Waals surface area contributed by atoms with Gasteiger partial charge in [0.2, 0.25) is 11.1 Å². The number of hydrogen-bond donors (Lipinski definition) is 1. The number of nitrogens with zero attached hydrogens (tertiary/aromatic N) is 3. The monoisotopic (exact) mass is 488 g/mol. The van der Waals surface area contributed by atoms with Crippen molar-refractivity contribution in [2.24, 2.45) is 0 Å². The summed E-state index contributed by atoms with van der Waals surface area (Å²) >= 11 is 7.59. The minimum Gasteiger partial charge on any atom is -0.489 e. The summed E-state index contributed by atoms with van der Waals surface area (Å²) in [5, 5.41) is 8.67. The average Bonchev–Trinajstić information content (AvgIpc) is 3.20. The van der Waals surface area contributed by atoms with Crippen LogP contribution in [-0.4, -0.2) is 33.6 Å². The molecule has 0 saturated heterocycles. The standard InChI is InChI=1S/C23H22ClFN4O3S/c1-4-33-23-27-22-26-13(2)19(21(30)31-3)20(29(22)28-23)14-8-10-15(11-9-14)32-12-16-17(24)6-5-7-18(16)25/h5-11,20H,4,12H2,1-3H3,(H,26,27,28). The van der Waals surface area contributed by atoms with E-state index in [0.29, 0.717) is 38.7 Å². The first kappa shape index (κ1) is 23.1. The van der Waals surface area contributed by atoms with Crippen LogP contribution in [0.1, 0.15) is 31.0 Å². The SMILES string of the molecule is CCSc1nc2n(n1)C(c1ccc(OCc3c(F)cccc3Cl)cc1)C(C(=O)OC)=C(C)N2.